The first-order valence-corrected chi connectivity index (χ1v) is 6.38. The van der Waals surface area contributed by atoms with Crippen LogP contribution in [0.2, 0.25) is 0 Å². The maximum Gasteiger partial charge on any atom is 0.155 e. The summed E-state index contributed by atoms with van der Waals surface area (Å²) in [7, 11) is 0. The molecular formula is C15H20N2O2. The molecule has 4 heteroatoms. The Morgan fingerprint density at radius 1 is 1.42 bits per heavy atom. The second-order valence-electron chi connectivity index (χ2n) is 5.97. The summed E-state index contributed by atoms with van der Waals surface area (Å²) in [4.78, 5) is 15.2. The Morgan fingerprint density at radius 2 is 2.11 bits per heavy atom. The van der Waals surface area contributed by atoms with Gasteiger partial charge in [0.25, 0.3) is 0 Å². The van der Waals surface area contributed by atoms with Crippen molar-refractivity contribution in [2.75, 3.05) is 0 Å². The first-order chi connectivity index (χ1) is 8.79. The van der Waals surface area contributed by atoms with Gasteiger partial charge in [-0.2, -0.15) is 0 Å². The lowest BCUT2D eigenvalue weighted by atomic mass is 9.84. The highest BCUT2D eigenvalue weighted by Gasteiger charge is 2.27. The summed E-state index contributed by atoms with van der Waals surface area (Å²) in [6.45, 7) is 5.61. The van der Waals surface area contributed by atoms with E-state index in [9.17, 15) is 9.90 Å². The first kappa shape index (κ1) is 13.6. The number of carbonyl (C=O) groups excluding carboxylic acids is 1. The summed E-state index contributed by atoms with van der Waals surface area (Å²) in [5, 5.41) is 10.4. The molecule has 4 nitrogen and oxygen atoms in total. The van der Waals surface area contributed by atoms with Gasteiger partial charge in [-0.05, 0) is 30.2 Å². The number of ketones is 1. The van der Waals surface area contributed by atoms with Gasteiger partial charge in [0.15, 0.2) is 5.78 Å². The van der Waals surface area contributed by atoms with Crippen LogP contribution in [0, 0.1) is 5.41 Å². The van der Waals surface area contributed by atoms with Gasteiger partial charge in [0, 0.05) is 22.5 Å². The average Bonchev–Trinajstić information content (AvgIpc) is 2.69. The van der Waals surface area contributed by atoms with E-state index in [4.69, 9.17) is 5.73 Å². The lowest BCUT2D eigenvalue weighted by Gasteiger charge is -2.21. The van der Waals surface area contributed by atoms with Gasteiger partial charge in [-0.3, -0.25) is 4.79 Å². The predicted octanol–water partition coefficient (Wildman–Crippen LogP) is 2.36. The lowest BCUT2D eigenvalue weighted by molar-refractivity contribution is -0.127. The number of carbonyl (C=O) groups is 1. The lowest BCUT2D eigenvalue weighted by Crippen LogP contribution is -2.40. The Morgan fingerprint density at radius 3 is 2.74 bits per heavy atom. The van der Waals surface area contributed by atoms with Crippen LogP contribution in [0.5, 0.6) is 5.75 Å². The van der Waals surface area contributed by atoms with E-state index in [1.54, 1.807) is 12.1 Å². The molecule has 1 atom stereocenters. The maximum absolute atomic E-state index is 12.1. The van der Waals surface area contributed by atoms with E-state index < -0.39 is 11.5 Å². The van der Waals surface area contributed by atoms with Crippen molar-refractivity contribution in [3.8, 4) is 5.75 Å². The minimum absolute atomic E-state index is 0.0435. The number of Topliss-reactive ketones (excluding diaryl/α,β-unsaturated/α-hetero) is 1. The highest BCUT2D eigenvalue weighted by molar-refractivity contribution is 5.90. The molecule has 1 unspecified atom stereocenters. The van der Waals surface area contributed by atoms with E-state index in [-0.39, 0.29) is 11.5 Å². The molecule has 0 spiro atoms. The number of nitrogens with two attached hydrogens (primary N) is 1. The van der Waals surface area contributed by atoms with E-state index in [0.717, 1.165) is 16.5 Å². The van der Waals surface area contributed by atoms with Crippen molar-refractivity contribution in [3.63, 3.8) is 0 Å². The fourth-order valence-electron chi connectivity index (χ4n) is 2.22. The van der Waals surface area contributed by atoms with Crippen LogP contribution in [-0.2, 0) is 11.2 Å². The van der Waals surface area contributed by atoms with Crippen LogP contribution in [0.3, 0.4) is 0 Å². The Balaban J connectivity index is 2.27. The molecule has 4 N–H and O–H groups in total. The van der Waals surface area contributed by atoms with Gasteiger partial charge in [0.05, 0.1) is 6.04 Å². The van der Waals surface area contributed by atoms with Crippen LogP contribution in [0.4, 0.5) is 0 Å². The van der Waals surface area contributed by atoms with E-state index in [1.807, 2.05) is 33.0 Å². The molecule has 0 amide bonds. The standard InChI is InChI=1S/C15H20N2O2/c1-15(2,3)14(19)12(16)6-9-8-17-13-5-4-10(18)7-11(9)13/h4-5,7-8,12,17-18H,6,16H2,1-3H3. The van der Waals surface area contributed by atoms with Crippen LogP contribution >= 0.6 is 0 Å². The molecule has 0 radical (unpaired) electrons. The van der Waals surface area contributed by atoms with Crippen LogP contribution in [-0.4, -0.2) is 21.9 Å². The highest BCUT2D eigenvalue weighted by atomic mass is 16.3. The average molecular weight is 260 g/mol. The van der Waals surface area contributed by atoms with E-state index in [0.29, 0.717) is 6.42 Å². The molecule has 19 heavy (non-hydrogen) atoms. The van der Waals surface area contributed by atoms with Crippen molar-refractivity contribution in [2.45, 2.75) is 33.2 Å². The Hall–Kier alpha value is -1.81. The number of hydrogen-bond donors (Lipinski definition) is 3. The number of phenols is 1. The summed E-state index contributed by atoms with van der Waals surface area (Å²) in [5.74, 6) is 0.256. The molecule has 1 heterocycles. The maximum atomic E-state index is 12.1. The van der Waals surface area contributed by atoms with Crippen LogP contribution in [0.1, 0.15) is 26.3 Å². The van der Waals surface area contributed by atoms with Crippen LogP contribution < -0.4 is 5.73 Å². The molecule has 0 bridgehead atoms. The van der Waals surface area contributed by atoms with Gasteiger partial charge in [-0.25, -0.2) is 0 Å². The molecule has 0 fully saturated rings. The third kappa shape index (κ3) is 2.79. The number of H-pyrrole nitrogens is 1. The van der Waals surface area contributed by atoms with Gasteiger partial charge in [0.1, 0.15) is 5.75 Å². The van der Waals surface area contributed by atoms with E-state index >= 15 is 0 Å². The number of fused-ring (bicyclic) bond motifs is 1. The van der Waals surface area contributed by atoms with Crippen LogP contribution in [0.15, 0.2) is 24.4 Å². The molecule has 0 aliphatic heterocycles. The molecule has 0 saturated carbocycles. The number of aromatic amines is 1. The number of benzene rings is 1. The molecule has 0 saturated heterocycles. The third-order valence-electron chi connectivity index (χ3n) is 3.27. The highest BCUT2D eigenvalue weighted by Crippen LogP contribution is 2.25. The smallest absolute Gasteiger partial charge is 0.155 e. The van der Waals surface area contributed by atoms with Crippen molar-refractivity contribution in [1.29, 1.82) is 0 Å². The number of aromatic nitrogens is 1. The molecule has 2 rings (SSSR count). The van der Waals surface area contributed by atoms with E-state index in [1.165, 1.54) is 0 Å². The van der Waals surface area contributed by atoms with Crippen molar-refractivity contribution in [3.05, 3.63) is 30.0 Å². The number of phenolic OH excluding ortho intramolecular Hbond substituents is 1. The van der Waals surface area contributed by atoms with Crippen molar-refractivity contribution < 1.29 is 9.90 Å². The van der Waals surface area contributed by atoms with Crippen LogP contribution in [0.25, 0.3) is 10.9 Å². The first-order valence-electron chi connectivity index (χ1n) is 6.38. The molecule has 0 aliphatic rings. The number of nitrogens with one attached hydrogen (secondary N) is 1. The fourth-order valence-corrected chi connectivity index (χ4v) is 2.22. The SMILES string of the molecule is CC(C)(C)C(=O)C(N)Cc1c[nH]c2ccc(O)cc12. The summed E-state index contributed by atoms with van der Waals surface area (Å²) >= 11 is 0. The summed E-state index contributed by atoms with van der Waals surface area (Å²) in [6, 6.07) is 4.60. The second-order valence-corrected chi connectivity index (χ2v) is 5.97. The topological polar surface area (TPSA) is 79.1 Å². The number of hydrogen-bond acceptors (Lipinski definition) is 3. The Kier molecular flexibility index (Phi) is 3.37. The van der Waals surface area contributed by atoms with Crippen molar-refractivity contribution in [2.24, 2.45) is 11.1 Å². The predicted molar refractivity (Wildman–Crippen MR) is 76.1 cm³/mol. The Bertz CT molecular complexity index is 608. The zero-order valence-electron chi connectivity index (χ0n) is 11.5. The minimum atomic E-state index is -0.527. The quantitative estimate of drug-likeness (QED) is 0.792. The third-order valence-corrected chi connectivity index (χ3v) is 3.27. The molecule has 1 aromatic heterocycles. The van der Waals surface area contributed by atoms with Gasteiger partial charge >= 0.3 is 0 Å². The number of rotatable bonds is 3. The molecule has 1 aromatic carbocycles. The zero-order valence-corrected chi connectivity index (χ0v) is 11.5. The summed E-state index contributed by atoms with van der Waals surface area (Å²) in [5.41, 5.74) is 7.45. The van der Waals surface area contributed by atoms with Crippen molar-refractivity contribution >= 4 is 16.7 Å². The molecule has 2 aromatic rings. The normalized spacial score (nSPS) is 13.7. The van der Waals surface area contributed by atoms with Gasteiger partial charge in [-0.15, -0.1) is 0 Å². The largest absolute Gasteiger partial charge is 0.508 e. The number of aromatic hydroxyl groups is 1. The van der Waals surface area contributed by atoms with Gasteiger partial charge in [0.2, 0.25) is 0 Å². The zero-order chi connectivity index (χ0) is 14.2. The summed E-state index contributed by atoms with van der Waals surface area (Å²) in [6.07, 6.45) is 2.32. The van der Waals surface area contributed by atoms with Gasteiger partial charge < -0.3 is 15.8 Å². The van der Waals surface area contributed by atoms with Crippen molar-refractivity contribution in [1.82, 2.24) is 4.98 Å². The molecular weight excluding hydrogens is 240 g/mol. The molecule has 0 aliphatic carbocycles. The van der Waals surface area contributed by atoms with E-state index in [2.05, 4.69) is 4.98 Å². The fraction of sp³-hybridized carbons (Fsp3) is 0.400. The second kappa shape index (κ2) is 4.70. The monoisotopic (exact) mass is 260 g/mol. The van der Waals surface area contributed by atoms with Gasteiger partial charge in [-0.1, -0.05) is 20.8 Å². The summed E-state index contributed by atoms with van der Waals surface area (Å²) < 4.78 is 0. The Labute approximate surface area is 112 Å². The minimum Gasteiger partial charge on any atom is -0.508 e. The molecule has 102 valence electrons.